The molecule has 0 aromatic heterocycles. The molecule has 2 atom stereocenters. The van der Waals surface area contributed by atoms with Gasteiger partial charge in [0, 0.05) is 22.5 Å². The predicted molar refractivity (Wildman–Crippen MR) is 103 cm³/mol. The van der Waals surface area contributed by atoms with Gasteiger partial charge in [0.1, 0.15) is 5.75 Å². The van der Waals surface area contributed by atoms with E-state index in [9.17, 15) is 13.6 Å². The summed E-state index contributed by atoms with van der Waals surface area (Å²) in [6.07, 6.45) is 0.0514. The van der Waals surface area contributed by atoms with Crippen LogP contribution in [0.1, 0.15) is 23.2 Å². The molecule has 0 unspecified atom stereocenters. The van der Waals surface area contributed by atoms with Gasteiger partial charge in [-0.2, -0.15) is 0 Å². The molecule has 1 saturated carbocycles. The number of alkyl halides is 2. The summed E-state index contributed by atoms with van der Waals surface area (Å²) in [7, 11) is 1.55. The van der Waals surface area contributed by atoms with Gasteiger partial charge in [0.25, 0.3) is 5.92 Å². The Labute approximate surface area is 165 Å². The monoisotopic (exact) mass is 439 g/mol. The molecule has 0 amide bonds. The first-order valence-electron chi connectivity index (χ1n) is 8.60. The highest BCUT2D eigenvalue weighted by Gasteiger charge is 2.50. The first kappa shape index (κ1) is 19.6. The van der Waals surface area contributed by atoms with E-state index in [1.807, 2.05) is 0 Å². The van der Waals surface area contributed by atoms with Crippen LogP contribution in [0.5, 0.6) is 5.75 Å². The molecule has 4 nitrogen and oxygen atoms in total. The summed E-state index contributed by atoms with van der Waals surface area (Å²) in [6, 6.07) is 12.4. The Morgan fingerprint density at radius 2 is 1.85 bits per heavy atom. The fraction of sp³-hybridized carbons (Fsp3) is 0.350. The predicted octanol–water partition coefficient (Wildman–Crippen LogP) is 5.14. The highest BCUT2D eigenvalue weighted by Crippen LogP contribution is 2.41. The zero-order valence-electron chi connectivity index (χ0n) is 14.8. The summed E-state index contributed by atoms with van der Waals surface area (Å²) in [5.41, 5.74) is 0.967. The van der Waals surface area contributed by atoms with Crippen molar-refractivity contribution in [2.45, 2.75) is 24.8 Å². The molecule has 1 N–H and O–H groups in total. The van der Waals surface area contributed by atoms with Gasteiger partial charge in [-0.05, 0) is 55.0 Å². The van der Waals surface area contributed by atoms with Gasteiger partial charge in [0.2, 0.25) is 0 Å². The van der Waals surface area contributed by atoms with Gasteiger partial charge in [-0.15, -0.1) is 0 Å². The molecule has 7 heteroatoms. The molecular formula is C20H20BrF2NO3. The number of esters is 1. The van der Waals surface area contributed by atoms with Crippen molar-refractivity contribution in [3.8, 4) is 5.75 Å². The maximum absolute atomic E-state index is 14.3. The van der Waals surface area contributed by atoms with E-state index < -0.39 is 23.9 Å². The van der Waals surface area contributed by atoms with Crippen molar-refractivity contribution < 1.29 is 23.0 Å². The topological polar surface area (TPSA) is 47.6 Å². The van der Waals surface area contributed by atoms with Gasteiger partial charge in [0.05, 0.1) is 25.3 Å². The summed E-state index contributed by atoms with van der Waals surface area (Å²) in [4.78, 5) is 12.2. The van der Waals surface area contributed by atoms with E-state index in [1.165, 1.54) is 0 Å². The van der Waals surface area contributed by atoms with Gasteiger partial charge in [0.15, 0.2) is 0 Å². The molecule has 3 rings (SSSR count). The lowest BCUT2D eigenvalue weighted by molar-refractivity contribution is -0.0116. The molecular weight excluding hydrogens is 420 g/mol. The van der Waals surface area contributed by atoms with Gasteiger partial charge in [-0.1, -0.05) is 15.9 Å². The number of rotatable bonds is 6. The van der Waals surface area contributed by atoms with E-state index in [0.717, 1.165) is 4.47 Å². The molecule has 0 aliphatic heterocycles. The second-order valence-corrected chi connectivity index (χ2v) is 7.43. The van der Waals surface area contributed by atoms with Crippen molar-refractivity contribution in [3.63, 3.8) is 0 Å². The number of hydrogen-bond acceptors (Lipinski definition) is 4. The van der Waals surface area contributed by atoms with Gasteiger partial charge >= 0.3 is 5.97 Å². The normalized spacial score (nSPS) is 20.9. The molecule has 1 fully saturated rings. The quantitative estimate of drug-likeness (QED) is 0.632. The number of benzene rings is 2. The third-order valence-corrected chi connectivity index (χ3v) is 5.22. The van der Waals surface area contributed by atoms with E-state index in [1.54, 1.807) is 55.6 Å². The van der Waals surface area contributed by atoms with Crippen LogP contribution >= 0.6 is 15.9 Å². The van der Waals surface area contributed by atoms with E-state index in [2.05, 4.69) is 21.2 Å². The molecule has 0 spiro atoms. The van der Waals surface area contributed by atoms with Crippen LogP contribution in [0.2, 0.25) is 0 Å². The Balaban J connectivity index is 1.64. The summed E-state index contributed by atoms with van der Waals surface area (Å²) in [6.45, 7) is -0.0572. The van der Waals surface area contributed by atoms with Crippen LogP contribution in [0.4, 0.5) is 14.5 Å². The van der Waals surface area contributed by atoms with E-state index in [0.29, 0.717) is 17.0 Å². The first-order chi connectivity index (χ1) is 12.9. The molecule has 0 saturated heterocycles. The maximum Gasteiger partial charge on any atom is 0.338 e. The van der Waals surface area contributed by atoms with Crippen LogP contribution in [0.3, 0.4) is 0 Å². The van der Waals surface area contributed by atoms with Crippen LogP contribution in [0, 0.1) is 5.92 Å². The van der Waals surface area contributed by atoms with Crippen molar-refractivity contribution in [2.75, 3.05) is 19.0 Å². The number of nitrogens with one attached hydrogen (secondary N) is 1. The van der Waals surface area contributed by atoms with Crippen LogP contribution in [0.15, 0.2) is 53.0 Å². The standard InChI is InChI=1S/C20H20BrF2NO3/c1-26-17-8-6-16(7-9-17)24-18-14(10-11-20(18,22)23)12-27-19(25)13-2-4-15(21)5-3-13/h2-9,14,18,24H,10-12H2,1H3/t14-,18+/m1/s1. The number of carbonyl (C=O) groups is 1. The second-order valence-electron chi connectivity index (χ2n) is 6.52. The summed E-state index contributed by atoms with van der Waals surface area (Å²) < 4.78 is 39.9. The van der Waals surface area contributed by atoms with Crippen LogP contribution in [-0.4, -0.2) is 31.7 Å². The minimum Gasteiger partial charge on any atom is -0.497 e. The molecule has 2 aromatic rings. The molecule has 0 radical (unpaired) electrons. The minimum atomic E-state index is -2.87. The molecule has 1 aliphatic rings. The fourth-order valence-corrected chi connectivity index (χ4v) is 3.43. The third-order valence-electron chi connectivity index (χ3n) is 4.70. The zero-order valence-corrected chi connectivity index (χ0v) is 16.3. The minimum absolute atomic E-state index is 0.0572. The molecule has 0 bridgehead atoms. The number of methoxy groups -OCH3 is 1. The van der Waals surface area contributed by atoms with Crippen LogP contribution < -0.4 is 10.1 Å². The average molecular weight is 440 g/mol. The van der Waals surface area contributed by atoms with Gasteiger partial charge in [-0.3, -0.25) is 0 Å². The molecule has 0 heterocycles. The van der Waals surface area contributed by atoms with Gasteiger partial charge < -0.3 is 14.8 Å². The highest BCUT2D eigenvalue weighted by molar-refractivity contribution is 9.10. The Morgan fingerprint density at radius 1 is 1.19 bits per heavy atom. The Bertz CT molecular complexity index is 781. The summed E-state index contributed by atoms with van der Waals surface area (Å²) >= 11 is 3.30. The van der Waals surface area contributed by atoms with Crippen molar-refractivity contribution in [1.82, 2.24) is 0 Å². The van der Waals surface area contributed by atoms with Crippen molar-refractivity contribution in [3.05, 3.63) is 58.6 Å². The van der Waals surface area contributed by atoms with E-state index in [4.69, 9.17) is 9.47 Å². The molecule has 1 aliphatic carbocycles. The smallest absolute Gasteiger partial charge is 0.338 e. The van der Waals surface area contributed by atoms with Gasteiger partial charge in [-0.25, -0.2) is 13.6 Å². The third kappa shape index (κ3) is 4.77. The summed E-state index contributed by atoms with van der Waals surface area (Å²) in [5.74, 6) is -3.20. The fourth-order valence-electron chi connectivity index (χ4n) is 3.17. The largest absolute Gasteiger partial charge is 0.497 e. The van der Waals surface area contributed by atoms with E-state index >= 15 is 0 Å². The van der Waals surface area contributed by atoms with Crippen molar-refractivity contribution in [2.24, 2.45) is 5.92 Å². The van der Waals surface area contributed by atoms with Crippen molar-refractivity contribution in [1.29, 1.82) is 0 Å². The number of ether oxygens (including phenoxy) is 2. The van der Waals surface area contributed by atoms with E-state index in [-0.39, 0.29) is 19.4 Å². The molecule has 27 heavy (non-hydrogen) atoms. The molecule has 144 valence electrons. The Hall–Kier alpha value is -2.15. The second kappa shape index (κ2) is 8.25. The first-order valence-corrected chi connectivity index (χ1v) is 9.39. The van der Waals surface area contributed by atoms with Crippen molar-refractivity contribution >= 4 is 27.6 Å². The Kier molecular flexibility index (Phi) is 5.99. The number of halogens is 3. The highest BCUT2D eigenvalue weighted by atomic mass is 79.9. The zero-order chi connectivity index (χ0) is 19.4. The number of hydrogen-bond donors (Lipinski definition) is 1. The molecule has 2 aromatic carbocycles. The number of anilines is 1. The van der Waals surface area contributed by atoms with Crippen LogP contribution in [0.25, 0.3) is 0 Å². The maximum atomic E-state index is 14.3. The van der Waals surface area contributed by atoms with Crippen LogP contribution in [-0.2, 0) is 4.74 Å². The SMILES string of the molecule is COc1ccc(N[C@H]2[C@@H](COC(=O)c3ccc(Br)cc3)CCC2(F)F)cc1. The average Bonchev–Trinajstić information content (AvgIpc) is 2.95. The lowest BCUT2D eigenvalue weighted by Crippen LogP contribution is -2.40. The lowest BCUT2D eigenvalue weighted by Gasteiger charge is -2.26. The lowest BCUT2D eigenvalue weighted by atomic mass is 10.0. The number of carbonyl (C=O) groups excluding carboxylic acids is 1. The summed E-state index contributed by atoms with van der Waals surface area (Å²) in [5, 5.41) is 2.90. The Morgan fingerprint density at radius 3 is 2.48 bits per heavy atom.